The maximum absolute atomic E-state index is 6.14. The number of halogens is 1. The molecule has 1 saturated heterocycles. The lowest BCUT2D eigenvalue weighted by Crippen LogP contribution is -2.34. The van der Waals surface area contributed by atoms with Crippen LogP contribution in [-0.2, 0) is 0 Å². The summed E-state index contributed by atoms with van der Waals surface area (Å²) >= 11 is 3.50. The van der Waals surface area contributed by atoms with E-state index >= 15 is 0 Å². The molecular weight excluding hydrogens is 314 g/mol. The lowest BCUT2D eigenvalue weighted by atomic mass is 10.1. The fraction of sp³-hybridized carbons (Fsp3) is 0.647. The number of ether oxygens (including phenoxy) is 1. The molecule has 1 aliphatic carbocycles. The summed E-state index contributed by atoms with van der Waals surface area (Å²) < 4.78 is 7.23. The highest BCUT2D eigenvalue weighted by atomic mass is 79.9. The zero-order valence-electron chi connectivity index (χ0n) is 12.1. The van der Waals surface area contributed by atoms with E-state index in [1.165, 1.54) is 51.5 Å². The first-order valence-corrected chi connectivity index (χ1v) is 8.77. The van der Waals surface area contributed by atoms with Crippen molar-refractivity contribution in [2.45, 2.75) is 57.1 Å². The third-order valence-corrected chi connectivity index (χ3v) is 5.11. The zero-order valence-corrected chi connectivity index (χ0v) is 13.6. The molecule has 0 bridgehead atoms. The highest BCUT2D eigenvalue weighted by Crippen LogP contribution is 2.27. The van der Waals surface area contributed by atoms with Gasteiger partial charge in [-0.2, -0.15) is 0 Å². The van der Waals surface area contributed by atoms with E-state index in [4.69, 9.17) is 4.74 Å². The molecule has 1 aromatic rings. The van der Waals surface area contributed by atoms with Crippen molar-refractivity contribution in [2.75, 3.05) is 13.1 Å². The van der Waals surface area contributed by atoms with Crippen LogP contribution in [0.3, 0.4) is 0 Å². The number of likely N-dealkylation sites (tertiary alicyclic amines) is 1. The molecule has 1 aliphatic heterocycles. The molecule has 1 unspecified atom stereocenters. The van der Waals surface area contributed by atoms with Crippen LogP contribution >= 0.6 is 15.9 Å². The minimum Gasteiger partial charge on any atom is -0.489 e. The van der Waals surface area contributed by atoms with Gasteiger partial charge in [-0.3, -0.25) is 4.90 Å². The van der Waals surface area contributed by atoms with Crippen LogP contribution in [0.5, 0.6) is 5.75 Å². The molecule has 3 rings (SSSR count). The molecule has 1 heterocycles. The van der Waals surface area contributed by atoms with Crippen molar-refractivity contribution in [3.63, 3.8) is 0 Å². The fourth-order valence-corrected chi connectivity index (χ4v) is 3.92. The standard InChI is InChI=1S/C17H24BrNO/c18-14-6-5-9-16(12-14)20-17-10-11-19(13-17)15-7-3-1-2-4-8-15/h5-6,9,12,15,17H,1-4,7-8,10-11,13H2. The van der Waals surface area contributed by atoms with Gasteiger partial charge in [0.05, 0.1) is 0 Å². The van der Waals surface area contributed by atoms with Crippen LogP contribution in [0.4, 0.5) is 0 Å². The van der Waals surface area contributed by atoms with Crippen LogP contribution in [0.2, 0.25) is 0 Å². The smallest absolute Gasteiger partial charge is 0.120 e. The van der Waals surface area contributed by atoms with Gasteiger partial charge < -0.3 is 4.74 Å². The van der Waals surface area contributed by atoms with Gasteiger partial charge in [-0.15, -0.1) is 0 Å². The van der Waals surface area contributed by atoms with E-state index in [2.05, 4.69) is 33.0 Å². The Labute approximate surface area is 130 Å². The van der Waals surface area contributed by atoms with Crippen molar-refractivity contribution >= 4 is 15.9 Å². The Balaban J connectivity index is 1.53. The third kappa shape index (κ3) is 3.76. The summed E-state index contributed by atoms with van der Waals surface area (Å²) in [5, 5.41) is 0. The van der Waals surface area contributed by atoms with E-state index in [-0.39, 0.29) is 0 Å². The topological polar surface area (TPSA) is 12.5 Å². The molecular formula is C17H24BrNO. The largest absolute Gasteiger partial charge is 0.489 e. The summed E-state index contributed by atoms with van der Waals surface area (Å²) in [5.41, 5.74) is 0. The number of benzene rings is 1. The summed E-state index contributed by atoms with van der Waals surface area (Å²) in [6.45, 7) is 2.32. The minimum absolute atomic E-state index is 0.368. The second kappa shape index (κ2) is 6.95. The predicted octanol–water partition coefficient (Wildman–Crippen LogP) is 4.63. The summed E-state index contributed by atoms with van der Waals surface area (Å²) in [5.74, 6) is 0.993. The first-order valence-electron chi connectivity index (χ1n) is 7.97. The minimum atomic E-state index is 0.368. The Bertz CT molecular complexity index is 429. The van der Waals surface area contributed by atoms with Crippen molar-refractivity contribution in [3.8, 4) is 5.75 Å². The van der Waals surface area contributed by atoms with Crippen molar-refractivity contribution in [1.29, 1.82) is 0 Å². The van der Waals surface area contributed by atoms with Crippen LogP contribution in [0.1, 0.15) is 44.9 Å². The van der Waals surface area contributed by atoms with Gasteiger partial charge in [-0.1, -0.05) is 47.7 Å². The van der Waals surface area contributed by atoms with Gasteiger partial charge in [-0.25, -0.2) is 0 Å². The number of hydrogen-bond donors (Lipinski definition) is 0. The van der Waals surface area contributed by atoms with Gasteiger partial charge in [0.15, 0.2) is 0 Å². The Morgan fingerprint density at radius 1 is 1.05 bits per heavy atom. The van der Waals surface area contributed by atoms with E-state index < -0.39 is 0 Å². The Hall–Kier alpha value is -0.540. The van der Waals surface area contributed by atoms with E-state index in [1.807, 2.05) is 12.1 Å². The molecule has 2 aliphatic rings. The van der Waals surface area contributed by atoms with Crippen molar-refractivity contribution in [1.82, 2.24) is 4.90 Å². The van der Waals surface area contributed by atoms with E-state index in [9.17, 15) is 0 Å². The summed E-state index contributed by atoms with van der Waals surface area (Å²) in [6.07, 6.45) is 10.0. The van der Waals surface area contributed by atoms with Crippen LogP contribution in [0, 0.1) is 0 Å². The van der Waals surface area contributed by atoms with E-state index in [0.29, 0.717) is 6.10 Å². The fourth-order valence-electron chi connectivity index (χ4n) is 3.54. The number of hydrogen-bond acceptors (Lipinski definition) is 2. The monoisotopic (exact) mass is 337 g/mol. The molecule has 0 spiro atoms. The normalized spacial score (nSPS) is 25.6. The van der Waals surface area contributed by atoms with Gasteiger partial charge in [0.2, 0.25) is 0 Å². The highest BCUT2D eigenvalue weighted by molar-refractivity contribution is 9.10. The van der Waals surface area contributed by atoms with Crippen LogP contribution < -0.4 is 4.74 Å². The van der Waals surface area contributed by atoms with Crippen LogP contribution in [-0.4, -0.2) is 30.1 Å². The molecule has 2 nitrogen and oxygen atoms in total. The molecule has 0 aromatic heterocycles. The third-order valence-electron chi connectivity index (χ3n) is 4.62. The number of rotatable bonds is 3. The quantitative estimate of drug-likeness (QED) is 0.746. The Kier molecular flexibility index (Phi) is 5.00. The summed E-state index contributed by atoms with van der Waals surface area (Å²) in [7, 11) is 0. The lowest BCUT2D eigenvalue weighted by molar-refractivity contribution is 0.169. The van der Waals surface area contributed by atoms with Gasteiger partial charge in [0.25, 0.3) is 0 Å². The molecule has 2 fully saturated rings. The van der Waals surface area contributed by atoms with Gasteiger partial charge >= 0.3 is 0 Å². The molecule has 0 amide bonds. The Morgan fingerprint density at radius 3 is 2.60 bits per heavy atom. The van der Waals surface area contributed by atoms with Crippen molar-refractivity contribution in [2.24, 2.45) is 0 Å². The first-order chi connectivity index (χ1) is 9.81. The molecule has 1 aromatic carbocycles. The molecule has 110 valence electrons. The maximum atomic E-state index is 6.14. The van der Waals surface area contributed by atoms with Crippen LogP contribution in [0.15, 0.2) is 28.7 Å². The molecule has 3 heteroatoms. The summed E-state index contributed by atoms with van der Waals surface area (Å²) in [4.78, 5) is 2.67. The maximum Gasteiger partial charge on any atom is 0.120 e. The Morgan fingerprint density at radius 2 is 1.85 bits per heavy atom. The van der Waals surface area contributed by atoms with Gasteiger partial charge in [0, 0.05) is 23.6 Å². The molecule has 1 atom stereocenters. The predicted molar refractivity (Wildman–Crippen MR) is 86.2 cm³/mol. The first kappa shape index (κ1) is 14.4. The molecule has 20 heavy (non-hydrogen) atoms. The van der Waals surface area contributed by atoms with Gasteiger partial charge in [-0.05, 0) is 37.5 Å². The van der Waals surface area contributed by atoms with Crippen LogP contribution in [0.25, 0.3) is 0 Å². The van der Waals surface area contributed by atoms with Crippen molar-refractivity contribution in [3.05, 3.63) is 28.7 Å². The lowest BCUT2D eigenvalue weighted by Gasteiger charge is -2.26. The molecule has 1 saturated carbocycles. The molecule has 0 radical (unpaired) electrons. The highest BCUT2D eigenvalue weighted by Gasteiger charge is 2.29. The van der Waals surface area contributed by atoms with Crippen molar-refractivity contribution < 1.29 is 4.74 Å². The zero-order chi connectivity index (χ0) is 13.8. The number of nitrogens with zero attached hydrogens (tertiary/aromatic N) is 1. The van der Waals surface area contributed by atoms with E-state index in [0.717, 1.165) is 22.8 Å². The summed E-state index contributed by atoms with van der Waals surface area (Å²) in [6, 6.07) is 9.01. The SMILES string of the molecule is Brc1cccc(OC2CCN(C3CCCCCC3)C2)c1. The van der Waals surface area contributed by atoms with Gasteiger partial charge in [0.1, 0.15) is 11.9 Å². The average molecular weight is 338 g/mol. The second-order valence-corrected chi connectivity index (χ2v) is 7.04. The van der Waals surface area contributed by atoms with E-state index in [1.54, 1.807) is 0 Å². The average Bonchev–Trinajstić information content (AvgIpc) is 2.73. The second-order valence-electron chi connectivity index (χ2n) is 6.13. The molecule has 0 N–H and O–H groups in total.